The van der Waals surface area contributed by atoms with Gasteiger partial charge in [0.15, 0.2) is 5.66 Å². The van der Waals surface area contributed by atoms with Crippen LogP contribution in [0.2, 0.25) is 0 Å². The average molecular weight is 393 g/mol. The zero-order valence-corrected chi connectivity index (χ0v) is 16.1. The minimum atomic E-state index is -4.51. The number of nitrogens with zero attached hydrogens (tertiary/aromatic N) is 2. The first kappa shape index (κ1) is 19.1. The van der Waals surface area contributed by atoms with Gasteiger partial charge in [-0.15, -0.1) is 0 Å². The molecule has 2 fully saturated rings. The summed E-state index contributed by atoms with van der Waals surface area (Å²) in [5.74, 6) is 1.92. The van der Waals surface area contributed by atoms with Crippen molar-refractivity contribution in [3.8, 4) is 0 Å². The number of pyridine rings is 1. The average Bonchev–Trinajstić information content (AvgIpc) is 3.52. The van der Waals surface area contributed by atoms with Gasteiger partial charge in [0.25, 0.3) is 0 Å². The molecule has 4 rings (SSSR count). The Balaban J connectivity index is 1.72. The molecular weight excluding hydrogens is 367 g/mol. The highest BCUT2D eigenvalue weighted by molar-refractivity contribution is 5.93. The van der Waals surface area contributed by atoms with Crippen LogP contribution in [0.15, 0.2) is 35.1 Å². The van der Waals surface area contributed by atoms with Crippen LogP contribution in [0.25, 0.3) is 0 Å². The number of nitrogens with one attached hydrogen (secondary N) is 2. The van der Waals surface area contributed by atoms with Gasteiger partial charge in [0.05, 0.1) is 5.69 Å². The number of nitrogens with two attached hydrogens (primary N) is 1. The number of hydrogen-bond acceptors (Lipinski definition) is 5. The molecule has 8 heteroatoms. The molecule has 0 radical (unpaired) electrons. The fourth-order valence-electron chi connectivity index (χ4n) is 4.00. The summed E-state index contributed by atoms with van der Waals surface area (Å²) in [7, 11) is 0. The summed E-state index contributed by atoms with van der Waals surface area (Å²) < 4.78 is 39.9. The first-order valence-electron chi connectivity index (χ1n) is 9.85. The highest BCUT2D eigenvalue weighted by atomic mass is 19.4. The zero-order valence-electron chi connectivity index (χ0n) is 16.1. The summed E-state index contributed by atoms with van der Waals surface area (Å²) in [5.41, 5.74) is 4.34. The van der Waals surface area contributed by atoms with E-state index < -0.39 is 17.5 Å². The Morgan fingerprint density at radius 2 is 1.86 bits per heavy atom. The van der Waals surface area contributed by atoms with Crippen LogP contribution in [0.4, 0.5) is 13.2 Å². The van der Waals surface area contributed by atoms with Gasteiger partial charge in [-0.05, 0) is 56.6 Å². The molecule has 4 N–H and O–H groups in total. The molecule has 3 aliphatic rings. The molecule has 3 unspecified atom stereocenters. The molecule has 2 heterocycles. The topological polar surface area (TPSA) is 75.3 Å². The van der Waals surface area contributed by atoms with Crippen molar-refractivity contribution in [3.63, 3.8) is 0 Å². The maximum atomic E-state index is 13.3. The molecule has 0 spiro atoms. The lowest BCUT2D eigenvalue weighted by Gasteiger charge is -2.41. The van der Waals surface area contributed by atoms with E-state index in [0.29, 0.717) is 17.7 Å². The molecule has 1 aromatic rings. The Labute approximate surface area is 162 Å². The second-order valence-corrected chi connectivity index (χ2v) is 8.29. The molecular formula is C20H26F3N5. The van der Waals surface area contributed by atoms with Gasteiger partial charge in [-0.2, -0.15) is 13.2 Å². The van der Waals surface area contributed by atoms with Crippen molar-refractivity contribution in [2.45, 2.75) is 57.4 Å². The monoisotopic (exact) mass is 393 g/mol. The highest BCUT2D eigenvalue weighted by Gasteiger charge is 2.49. The lowest BCUT2D eigenvalue weighted by molar-refractivity contribution is -0.141. The van der Waals surface area contributed by atoms with Gasteiger partial charge >= 0.3 is 6.18 Å². The van der Waals surface area contributed by atoms with Crippen molar-refractivity contribution in [1.82, 2.24) is 15.6 Å². The van der Waals surface area contributed by atoms with Crippen LogP contribution in [0.1, 0.15) is 50.9 Å². The molecule has 0 aromatic carbocycles. The van der Waals surface area contributed by atoms with Gasteiger partial charge in [-0.1, -0.05) is 13.0 Å². The van der Waals surface area contributed by atoms with E-state index in [4.69, 9.17) is 5.73 Å². The SMILES string of the molecule is CC(NC1=CC(N)=NC(c2cccc(C(F)(F)F)n2)(C(C)C2CC2)N1)C1CC1. The van der Waals surface area contributed by atoms with Crippen molar-refractivity contribution in [2.24, 2.45) is 28.5 Å². The number of rotatable bonds is 6. The van der Waals surface area contributed by atoms with Gasteiger partial charge < -0.3 is 16.4 Å². The van der Waals surface area contributed by atoms with Crippen molar-refractivity contribution in [2.75, 3.05) is 0 Å². The molecule has 3 atom stereocenters. The lowest BCUT2D eigenvalue weighted by atomic mass is 9.85. The Bertz CT molecular complexity index is 810. The maximum Gasteiger partial charge on any atom is 0.433 e. The molecule has 1 aliphatic heterocycles. The Morgan fingerprint density at radius 3 is 2.46 bits per heavy atom. The van der Waals surface area contributed by atoms with E-state index in [-0.39, 0.29) is 23.5 Å². The third-order valence-electron chi connectivity index (χ3n) is 6.05. The number of alkyl halides is 3. The zero-order chi connectivity index (χ0) is 20.1. The second kappa shape index (κ2) is 6.67. The lowest BCUT2D eigenvalue weighted by Crippen LogP contribution is -2.54. The maximum absolute atomic E-state index is 13.3. The van der Waals surface area contributed by atoms with Gasteiger partial charge in [-0.25, -0.2) is 9.98 Å². The minimum Gasteiger partial charge on any atom is -0.384 e. The third-order valence-corrected chi connectivity index (χ3v) is 6.05. The van der Waals surface area contributed by atoms with Crippen LogP contribution in [-0.4, -0.2) is 16.9 Å². The molecule has 5 nitrogen and oxygen atoms in total. The molecule has 0 saturated heterocycles. The number of aromatic nitrogens is 1. The van der Waals surface area contributed by atoms with Crippen LogP contribution < -0.4 is 16.4 Å². The van der Waals surface area contributed by atoms with Crippen LogP contribution in [0.5, 0.6) is 0 Å². The largest absolute Gasteiger partial charge is 0.433 e. The van der Waals surface area contributed by atoms with Crippen LogP contribution in [0, 0.1) is 17.8 Å². The number of halogens is 3. The molecule has 152 valence electrons. The quantitative estimate of drug-likeness (QED) is 0.692. The predicted molar refractivity (Wildman–Crippen MR) is 101 cm³/mol. The van der Waals surface area contributed by atoms with Crippen molar-refractivity contribution in [3.05, 3.63) is 41.5 Å². The van der Waals surface area contributed by atoms with E-state index in [1.54, 1.807) is 12.1 Å². The first-order valence-corrected chi connectivity index (χ1v) is 9.85. The van der Waals surface area contributed by atoms with E-state index in [1.807, 2.05) is 6.92 Å². The fourth-order valence-corrected chi connectivity index (χ4v) is 4.00. The first-order chi connectivity index (χ1) is 13.2. The van der Waals surface area contributed by atoms with E-state index in [1.165, 1.54) is 18.9 Å². The molecule has 0 bridgehead atoms. The van der Waals surface area contributed by atoms with Gasteiger partial charge in [-0.3, -0.25) is 0 Å². The summed E-state index contributed by atoms with van der Waals surface area (Å²) in [5, 5.41) is 6.81. The second-order valence-electron chi connectivity index (χ2n) is 8.29. The van der Waals surface area contributed by atoms with E-state index in [2.05, 4.69) is 27.5 Å². The van der Waals surface area contributed by atoms with Crippen molar-refractivity contribution >= 4 is 5.84 Å². The smallest absolute Gasteiger partial charge is 0.384 e. The summed E-state index contributed by atoms with van der Waals surface area (Å²) in [6.45, 7) is 4.12. The normalized spacial score (nSPS) is 27.3. The van der Waals surface area contributed by atoms with Gasteiger partial charge in [0.2, 0.25) is 0 Å². The molecule has 0 amide bonds. The van der Waals surface area contributed by atoms with Crippen molar-refractivity contribution < 1.29 is 13.2 Å². The number of aliphatic imine (C=N–C) groups is 1. The Kier molecular flexibility index (Phi) is 4.55. The molecule has 2 aliphatic carbocycles. The van der Waals surface area contributed by atoms with Crippen molar-refractivity contribution in [1.29, 1.82) is 0 Å². The number of hydrogen-bond donors (Lipinski definition) is 3. The molecule has 28 heavy (non-hydrogen) atoms. The molecule has 1 aromatic heterocycles. The summed E-state index contributed by atoms with van der Waals surface area (Å²) in [4.78, 5) is 8.58. The van der Waals surface area contributed by atoms with E-state index in [0.717, 1.165) is 18.9 Å². The van der Waals surface area contributed by atoms with Gasteiger partial charge in [0, 0.05) is 18.0 Å². The summed E-state index contributed by atoms with van der Waals surface area (Å²) in [6.07, 6.45) is 1.63. The van der Waals surface area contributed by atoms with E-state index >= 15 is 0 Å². The van der Waals surface area contributed by atoms with Gasteiger partial charge in [0.1, 0.15) is 17.4 Å². The Morgan fingerprint density at radius 1 is 1.18 bits per heavy atom. The highest BCUT2D eigenvalue weighted by Crippen LogP contribution is 2.47. The number of amidine groups is 1. The standard InChI is InChI=1S/C20H26F3N5/c1-11(13-6-7-13)19(15-4-3-5-16(26-15)20(21,22)23)27-17(24)10-18(28-19)25-12(2)14-8-9-14/h3-5,10-14,25,28H,6-9H2,1-2H3,(H2,24,27). The summed E-state index contributed by atoms with van der Waals surface area (Å²) >= 11 is 0. The fraction of sp³-hybridized carbons (Fsp3) is 0.600. The molecule has 2 saturated carbocycles. The predicted octanol–water partition coefficient (Wildman–Crippen LogP) is 3.49. The van der Waals surface area contributed by atoms with E-state index in [9.17, 15) is 13.2 Å². The van der Waals surface area contributed by atoms with Crippen LogP contribution in [-0.2, 0) is 11.8 Å². The third kappa shape index (κ3) is 3.69. The minimum absolute atomic E-state index is 0.0521. The Hall–Kier alpha value is -2.25. The summed E-state index contributed by atoms with van der Waals surface area (Å²) in [6, 6.07) is 4.23. The van der Waals surface area contributed by atoms with Crippen LogP contribution in [0.3, 0.4) is 0 Å². The van der Waals surface area contributed by atoms with Crippen LogP contribution >= 0.6 is 0 Å².